The van der Waals surface area contributed by atoms with Gasteiger partial charge in [-0.15, -0.1) is 0 Å². The average molecular weight is 366 g/mol. The van der Waals surface area contributed by atoms with Crippen LogP contribution in [0.1, 0.15) is 78.6 Å². The third-order valence-electron chi connectivity index (χ3n) is 9.77. The molecule has 0 heterocycles. The molecule has 2 unspecified atom stereocenters. The summed E-state index contributed by atoms with van der Waals surface area (Å²) < 4.78 is 0. The maximum Gasteiger partial charge on any atom is 0.0675 e. The van der Waals surface area contributed by atoms with Gasteiger partial charge in [-0.05, 0) is 99.2 Å². The highest BCUT2D eigenvalue weighted by Crippen LogP contribution is 2.68. The van der Waals surface area contributed by atoms with E-state index in [-0.39, 0.29) is 5.41 Å². The van der Waals surface area contributed by atoms with Gasteiger partial charge in [0.2, 0.25) is 0 Å². The first-order valence-corrected chi connectivity index (χ1v) is 11.5. The minimum Gasteiger partial charge on any atom is -0.390 e. The highest BCUT2D eigenvalue weighted by atomic mass is 32.1. The molecular weight excluding hydrogens is 326 g/mol. The molecule has 4 saturated carbocycles. The van der Waals surface area contributed by atoms with Crippen LogP contribution in [0, 0.1) is 34.5 Å². The molecule has 4 rings (SSSR count). The lowest BCUT2D eigenvalue weighted by molar-refractivity contribution is -0.147. The monoisotopic (exact) mass is 365 g/mol. The first-order chi connectivity index (χ1) is 11.8. The van der Waals surface area contributed by atoms with Crippen molar-refractivity contribution in [2.24, 2.45) is 34.5 Å². The highest BCUT2D eigenvalue weighted by Gasteiger charge is 2.63. The van der Waals surface area contributed by atoms with E-state index < -0.39 is 5.60 Å². The van der Waals surface area contributed by atoms with Gasteiger partial charge in [-0.1, -0.05) is 13.8 Å². The Bertz CT molecular complexity index is 508. The number of fused-ring (bicyclic) bond motifs is 5. The zero-order valence-electron chi connectivity index (χ0n) is 16.6. The molecule has 144 valence electrons. The zero-order chi connectivity index (χ0) is 17.9. The van der Waals surface area contributed by atoms with Crippen LogP contribution in [0.4, 0.5) is 0 Å². The standard InChI is InChI=1S/C22H39NOS/c1-20-9-6-16(23-12-13-25)14-15(20)4-5-17-18(20)7-10-21(2)19(17)8-11-22(21,3)24/h15-19,23-25H,4-14H2,1-3H3/t15?,16?,17-,18+,19+,20+,21+,22+/m1/s1. The van der Waals surface area contributed by atoms with Crippen LogP contribution in [0.15, 0.2) is 0 Å². The number of nitrogens with one attached hydrogen (secondary N) is 1. The summed E-state index contributed by atoms with van der Waals surface area (Å²) in [6.07, 6.45) is 11.9. The summed E-state index contributed by atoms with van der Waals surface area (Å²) in [5.41, 5.74) is 0.287. The Morgan fingerprint density at radius 1 is 0.960 bits per heavy atom. The van der Waals surface area contributed by atoms with Crippen molar-refractivity contribution < 1.29 is 5.11 Å². The highest BCUT2D eigenvalue weighted by molar-refractivity contribution is 7.80. The molecular formula is C22H39NOS. The van der Waals surface area contributed by atoms with Crippen LogP contribution in [-0.2, 0) is 0 Å². The summed E-state index contributed by atoms with van der Waals surface area (Å²) in [7, 11) is 0. The van der Waals surface area contributed by atoms with E-state index in [1.54, 1.807) is 0 Å². The zero-order valence-corrected chi connectivity index (χ0v) is 17.5. The van der Waals surface area contributed by atoms with Gasteiger partial charge in [-0.3, -0.25) is 0 Å². The molecule has 0 aromatic rings. The van der Waals surface area contributed by atoms with Crippen molar-refractivity contribution in [3.05, 3.63) is 0 Å². The molecule has 2 nitrogen and oxygen atoms in total. The van der Waals surface area contributed by atoms with Crippen LogP contribution in [0.25, 0.3) is 0 Å². The van der Waals surface area contributed by atoms with Gasteiger partial charge in [0.25, 0.3) is 0 Å². The Morgan fingerprint density at radius 3 is 2.48 bits per heavy atom. The maximum atomic E-state index is 11.0. The molecule has 4 aliphatic carbocycles. The molecule has 25 heavy (non-hydrogen) atoms. The second kappa shape index (κ2) is 6.41. The second-order valence-electron chi connectivity index (χ2n) is 10.6. The van der Waals surface area contributed by atoms with Gasteiger partial charge in [0.1, 0.15) is 0 Å². The summed E-state index contributed by atoms with van der Waals surface area (Å²) in [5, 5.41) is 14.8. The largest absolute Gasteiger partial charge is 0.390 e. The Hall–Kier alpha value is 0.270. The van der Waals surface area contributed by atoms with E-state index in [0.717, 1.165) is 48.4 Å². The first kappa shape index (κ1) is 18.6. The smallest absolute Gasteiger partial charge is 0.0675 e. The Kier molecular flexibility index (Phi) is 4.78. The fraction of sp³-hybridized carbons (Fsp3) is 1.00. The second-order valence-corrected chi connectivity index (χ2v) is 11.0. The Balaban J connectivity index is 1.52. The molecule has 4 fully saturated rings. The van der Waals surface area contributed by atoms with Gasteiger partial charge in [0.15, 0.2) is 0 Å². The fourth-order valence-corrected chi connectivity index (χ4v) is 8.08. The quantitative estimate of drug-likeness (QED) is 0.635. The van der Waals surface area contributed by atoms with Gasteiger partial charge >= 0.3 is 0 Å². The van der Waals surface area contributed by atoms with Crippen LogP contribution >= 0.6 is 12.6 Å². The van der Waals surface area contributed by atoms with E-state index >= 15 is 0 Å². The molecule has 0 aromatic heterocycles. The summed E-state index contributed by atoms with van der Waals surface area (Å²) in [5.74, 6) is 4.40. The van der Waals surface area contributed by atoms with E-state index in [1.165, 1.54) is 51.4 Å². The van der Waals surface area contributed by atoms with Gasteiger partial charge in [0, 0.05) is 18.3 Å². The van der Waals surface area contributed by atoms with E-state index in [0.29, 0.717) is 5.41 Å². The van der Waals surface area contributed by atoms with Crippen molar-refractivity contribution in [1.29, 1.82) is 0 Å². The third kappa shape index (κ3) is 2.74. The maximum absolute atomic E-state index is 11.0. The van der Waals surface area contributed by atoms with Crippen LogP contribution in [0.5, 0.6) is 0 Å². The lowest BCUT2D eigenvalue weighted by atomic mass is 9.44. The normalized spacial score (nSPS) is 55.3. The van der Waals surface area contributed by atoms with Crippen molar-refractivity contribution in [3.8, 4) is 0 Å². The molecule has 4 aliphatic rings. The third-order valence-corrected chi connectivity index (χ3v) is 10.00. The Morgan fingerprint density at radius 2 is 1.72 bits per heavy atom. The molecule has 0 bridgehead atoms. The van der Waals surface area contributed by atoms with Gasteiger partial charge < -0.3 is 10.4 Å². The predicted octanol–water partition coefficient (Wildman–Crippen LogP) is 4.67. The number of rotatable bonds is 3. The lowest BCUT2D eigenvalue weighted by Gasteiger charge is -2.61. The van der Waals surface area contributed by atoms with Crippen LogP contribution < -0.4 is 5.32 Å². The fourth-order valence-electron chi connectivity index (χ4n) is 7.96. The van der Waals surface area contributed by atoms with Crippen molar-refractivity contribution in [2.45, 2.75) is 90.2 Å². The number of hydrogen-bond donors (Lipinski definition) is 3. The van der Waals surface area contributed by atoms with Crippen molar-refractivity contribution >= 4 is 12.6 Å². The van der Waals surface area contributed by atoms with Gasteiger partial charge in [0.05, 0.1) is 5.60 Å². The van der Waals surface area contributed by atoms with E-state index in [4.69, 9.17) is 0 Å². The first-order valence-electron chi connectivity index (χ1n) is 10.9. The van der Waals surface area contributed by atoms with Crippen LogP contribution in [-0.4, -0.2) is 29.0 Å². The van der Waals surface area contributed by atoms with Crippen molar-refractivity contribution in [2.75, 3.05) is 12.3 Å². The molecule has 8 atom stereocenters. The SMILES string of the molecule is C[C@]12CCC(NCCS)CC1CC[C@@H]1[C@@H]2CC[C@@]2(C)[C@H]1CC[C@]2(C)O. The van der Waals surface area contributed by atoms with Crippen molar-refractivity contribution in [3.63, 3.8) is 0 Å². The van der Waals surface area contributed by atoms with E-state index in [2.05, 4.69) is 38.7 Å². The van der Waals surface area contributed by atoms with Crippen LogP contribution in [0.3, 0.4) is 0 Å². The summed E-state index contributed by atoms with van der Waals surface area (Å²) in [6.45, 7) is 8.23. The minimum atomic E-state index is -0.436. The van der Waals surface area contributed by atoms with Crippen LogP contribution in [0.2, 0.25) is 0 Å². The molecule has 0 saturated heterocycles. The summed E-state index contributed by atoms with van der Waals surface area (Å²) in [4.78, 5) is 0. The Labute approximate surface area is 160 Å². The molecule has 3 heteroatoms. The van der Waals surface area contributed by atoms with Crippen molar-refractivity contribution in [1.82, 2.24) is 5.32 Å². The topological polar surface area (TPSA) is 32.3 Å². The minimum absolute atomic E-state index is 0.169. The number of hydrogen-bond acceptors (Lipinski definition) is 3. The number of thiol groups is 1. The van der Waals surface area contributed by atoms with E-state index in [1.807, 2.05) is 0 Å². The summed E-state index contributed by atoms with van der Waals surface area (Å²) in [6, 6.07) is 0.725. The van der Waals surface area contributed by atoms with Gasteiger partial charge in [-0.2, -0.15) is 12.6 Å². The summed E-state index contributed by atoms with van der Waals surface area (Å²) >= 11 is 4.36. The number of aliphatic hydroxyl groups is 1. The average Bonchev–Trinajstić information content (AvgIpc) is 2.82. The molecule has 0 aromatic carbocycles. The molecule has 2 N–H and O–H groups in total. The molecule has 0 spiro atoms. The lowest BCUT2D eigenvalue weighted by Crippen LogP contribution is -2.57. The predicted molar refractivity (Wildman–Crippen MR) is 108 cm³/mol. The molecule has 0 amide bonds. The molecule has 0 radical (unpaired) electrons. The molecule has 0 aliphatic heterocycles. The van der Waals surface area contributed by atoms with Gasteiger partial charge in [-0.25, -0.2) is 0 Å². The van der Waals surface area contributed by atoms with E-state index in [9.17, 15) is 5.11 Å².